The molecule has 0 saturated heterocycles. The predicted octanol–water partition coefficient (Wildman–Crippen LogP) is 0.546. The summed E-state index contributed by atoms with van der Waals surface area (Å²) >= 11 is 0. The Hall–Kier alpha value is -1.03. The molecule has 1 aliphatic heterocycles. The zero-order valence-corrected chi connectivity index (χ0v) is 7.24. The van der Waals surface area contributed by atoms with Crippen LogP contribution in [0.3, 0.4) is 0 Å². The van der Waals surface area contributed by atoms with Gasteiger partial charge >= 0.3 is 0 Å². The van der Waals surface area contributed by atoms with Crippen LogP contribution >= 0.6 is 0 Å². The third kappa shape index (κ3) is 0.992. The van der Waals surface area contributed by atoms with Crippen molar-refractivity contribution in [1.82, 2.24) is 9.78 Å². The van der Waals surface area contributed by atoms with Crippen molar-refractivity contribution in [3.05, 3.63) is 11.8 Å². The van der Waals surface area contributed by atoms with Crippen LogP contribution in [0.5, 0.6) is 5.88 Å². The van der Waals surface area contributed by atoms with Crippen LogP contribution in [0.4, 0.5) is 0 Å². The van der Waals surface area contributed by atoms with Crippen LogP contribution in [0.1, 0.15) is 19.4 Å². The normalized spacial score (nSPS) is 18.9. The lowest BCUT2D eigenvalue weighted by Gasteiger charge is -2.15. The highest BCUT2D eigenvalue weighted by atomic mass is 16.5. The zero-order chi connectivity index (χ0) is 8.77. The lowest BCUT2D eigenvalue weighted by molar-refractivity contribution is 0.131. The molecule has 0 saturated carbocycles. The van der Waals surface area contributed by atoms with Gasteiger partial charge in [0.2, 0.25) is 5.88 Å². The quantitative estimate of drug-likeness (QED) is 0.666. The zero-order valence-electron chi connectivity index (χ0n) is 7.24. The van der Waals surface area contributed by atoms with Crippen molar-refractivity contribution in [2.24, 2.45) is 0 Å². The Morgan fingerprint density at radius 1 is 1.75 bits per heavy atom. The Balaban J connectivity index is 2.37. The number of ether oxygens (including phenoxy) is 1. The molecule has 1 aliphatic rings. The summed E-state index contributed by atoms with van der Waals surface area (Å²) in [4.78, 5) is 0. The van der Waals surface area contributed by atoms with Crippen LogP contribution in [-0.4, -0.2) is 20.5 Å². The molecule has 4 heteroatoms. The lowest BCUT2D eigenvalue weighted by Crippen LogP contribution is -2.26. The Kier molecular flexibility index (Phi) is 1.41. The van der Waals surface area contributed by atoms with E-state index < -0.39 is 0 Å². The van der Waals surface area contributed by atoms with Crippen molar-refractivity contribution >= 4 is 0 Å². The van der Waals surface area contributed by atoms with E-state index in [1.165, 1.54) is 0 Å². The Labute approximate surface area is 70.8 Å². The molecule has 12 heavy (non-hydrogen) atoms. The molecule has 66 valence electrons. The van der Waals surface area contributed by atoms with E-state index in [4.69, 9.17) is 9.84 Å². The van der Waals surface area contributed by atoms with E-state index in [1.54, 1.807) is 10.9 Å². The van der Waals surface area contributed by atoms with Crippen molar-refractivity contribution in [1.29, 1.82) is 0 Å². The molecule has 0 bridgehead atoms. The fraction of sp³-hybridized carbons (Fsp3) is 0.625. The largest absolute Gasteiger partial charge is 0.470 e. The van der Waals surface area contributed by atoms with E-state index in [9.17, 15) is 0 Å². The first-order valence-electron chi connectivity index (χ1n) is 3.97. The minimum atomic E-state index is -0.187. The summed E-state index contributed by atoms with van der Waals surface area (Å²) in [5.41, 5.74) is 0.577. The number of hydrogen-bond donors (Lipinski definition) is 1. The number of aliphatic hydroxyl groups is 1. The molecule has 0 atom stereocenters. The van der Waals surface area contributed by atoms with Gasteiger partial charge in [0.05, 0.1) is 24.9 Å². The Morgan fingerprint density at radius 3 is 3.17 bits per heavy atom. The van der Waals surface area contributed by atoms with Crippen molar-refractivity contribution in [3.63, 3.8) is 0 Å². The van der Waals surface area contributed by atoms with Gasteiger partial charge in [-0.1, -0.05) is 0 Å². The maximum absolute atomic E-state index is 8.93. The van der Waals surface area contributed by atoms with E-state index in [0.717, 1.165) is 12.1 Å². The molecular formula is C8H12N2O2. The maximum Gasteiger partial charge on any atom is 0.218 e. The average Bonchev–Trinajstić information content (AvgIpc) is 2.42. The highest BCUT2D eigenvalue weighted by molar-refractivity contribution is 5.26. The van der Waals surface area contributed by atoms with Gasteiger partial charge in [0, 0.05) is 0 Å². The van der Waals surface area contributed by atoms with E-state index in [0.29, 0.717) is 5.88 Å². The number of aliphatic hydroxyl groups excluding tert-OH is 1. The second kappa shape index (κ2) is 2.23. The monoisotopic (exact) mass is 168 g/mol. The number of rotatable bonds is 1. The summed E-state index contributed by atoms with van der Waals surface area (Å²) in [5.74, 6) is 0.711. The van der Waals surface area contributed by atoms with Gasteiger partial charge in [0.25, 0.3) is 0 Å². The Morgan fingerprint density at radius 2 is 2.50 bits per heavy atom. The van der Waals surface area contributed by atoms with Gasteiger partial charge in [-0.25, -0.2) is 4.68 Å². The molecule has 0 aliphatic carbocycles. The second-order valence-electron chi connectivity index (χ2n) is 3.65. The highest BCUT2D eigenvalue weighted by Crippen LogP contribution is 2.31. The van der Waals surface area contributed by atoms with Gasteiger partial charge < -0.3 is 9.84 Å². The molecule has 0 amide bonds. The van der Waals surface area contributed by atoms with Crippen LogP contribution in [0.25, 0.3) is 0 Å². The number of aromatic nitrogens is 2. The van der Waals surface area contributed by atoms with E-state index >= 15 is 0 Å². The van der Waals surface area contributed by atoms with Gasteiger partial charge in [-0.15, -0.1) is 0 Å². The molecule has 1 N–H and O–H groups in total. The second-order valence-corrected chi connectivity index (χ2v) is 3.65. The molecule has 4 nitrogen and oxygen atoms in total. The van der Waals surface area contributed by atoms with E-state index in [2.05, 4.69) is 5.10 Å². The standard InChI is InChI=1S/C8H12N2O2/c1-8(2)5-10-7(12-8)6(4-11)3-9-10/h3,11H,4-5H2,1-2H3. The lowest BCUT2D eigenvalue weighted by atomic mass is 10.1. The summed E-state index contributed by atoms with van der Waals surface area (Å²) < 4.78 is 7.38. The van der Waals surface area contributed by atoms with Gasteiger partial charge in [-0.05, 0) is 13.8 Å². The van der Waals surface area contributed by atoms with Gasteiger partial charge in [0.1, 0.15) is 5.60 Å². The number of hydrogen-bond acceptors (Lipinski definition) is 3. The first-order valence-corrected chi connectivity index (χ1v) is 3.97. The summed E-state index contributed by atoms with van der Waals surface area (Å²) in [6, 6.07) is 0. The number of nitrogens with zero attached hydrogens (tertiary/aromatic N) is 2. The van der Waals surface area contributed by atoms with Crippen molar-refractivity contribution in [2.75, 3.05) is 0 Å². The van der Waals surface area contributed by atoms with Crippen LogP contribution in [0.2, 0.25) is 0 Å². The minimum absolute atomic E-state index is 0.00852. The summed E-state index contributed by atoms with van der Waals surface area (Å²) in [6.45, 7) is 4.75. The molecule has 2 heterocycles. The molecule has 1 aromatic heterocycles. The van der Waals surface area contributed by atoms with Crippen molar-refractivity contribution in [2.45, 2.75) is 32.6 Å². The van der Waals surface area contributed by atoms with E-state index in [1.807, 2.05) is 13.8 Å². The van der Waals surface area contributed by atoms with Crippen LogP contribution in [-0.2, 0) is 13.2 Å². The molecule has 0 unspecified atom stereocenters. The third-order valence-corrected chi connectivity index (χ3v) is 1.94. The van der Waals surface area contributed by atoms with Crippen molar-refractivity contribution in [3.8, 4) is 5.88 Å². The summed E-state index contributed by atoms with van der Waals surface area (Å²) in [7, 11) is 0. The molecule has 2 rings (SSSR count). The smallest absolute Gasteiger partial charge is 0.218 e. The van der Waals surface area contributed by atoms with Crippen molar-refractivity contribution < 1.29 is 9.84 Å². The minimum Gasteiger partial charge on any atom is -0.470 e. The van der Waals surface area contributed by atoms with E-state index in [-0.39, 0.29) is 12.2 Å². The summed E-state index contributed by atoms with van der Waals surface area (Å²) in [5, 5.41) is 13.0. The molecule has 0 radical (unpaired) electrons. The molecule has 0 fully saturated rings. The number of fused-ring (bicyclic) bond motifs is 1. The van der Waals surface area contributed by atoms with Gasteiger partial charge in [-0.3, -0.25) is 0 Å². The maximum atomic E-state index is 8.93. The molecular weight excluding hydrogens is 156 g/mol. The van der Waals surface area contributed by atoms with Gasteiger partial charge in [-0.2, -0.15) is 5.10 Å². The fourth-order valence-corrected chi connectivity index (χ4v) is 1.41. The SMILES string of the molecule is CC1(C)Cn2ncc(CO)c2O1. The highest BCUT2D eigenvalue weighted by Gasteiger charge is 2.32. The molecule has 0 spiro atoms. The Bertz CT molecular complexity index is 304. The first-order chi connectivity index (χ1) is 5.62. The fourth-order valence-electron chi connectivity index (χ4n) is 1.41. The van der Waals surface area contributed by atoms with Gasteiger partial charge in [0.15, 0.2) is 0 Å². The molecule has 1 aromatic rings. The topological polar surface area (TPSA) is 47.3 Å². The van der Waals surface area contributed by atoms with Crippen LogP contribution in [0.15, 0.2) is 6.20 Å². The molecule has 0 aromatic carbocycles. The average molecular weight is 168 g/mol. The predicted molar refractivity (Wildman–Crippen MR) is 42.9 cm³/mol. The first kappa shape index (κ1) is 7.61. The van der Waals surface area contributed by atoms with Crippen LogP contribution in [0, 0.1) is 0 Å². The third-order valence-electron chi connectivity index (χ3n) is 1.94. The van der Waals surface area contributed by atoms with Crippen LogP contribution < -0.4 is 4.74 Å². The summed E-state index contributed by atoms with van der Waals surface area (Å²) in [6.07, 6.45) is 1.64.